The monoisotopic (exact) mass is 310 g/mol. The van der Waals surface area contributed by atoms with Gasteiger partial charge in [-0.25, -0.2) is 4.98 Å². The smallest absolute Gasteiger partial charge is 0.182 e. The van der Waals surface area contributed by atoms with Crippen molar-refractivity contribution >= 4 is 0 Å². The van der Waals surface area contributed by atoms with Crippen molar-refractivity contribution in [1.82, 2.24) is 20.2 Å². The Hall–Kier alpha value is -3.40. The first-order valence-electron chi connectivity index (χ1n) is 7.68. The van der Waals surface area contributed by atoms with Crippen LogP contribution in [0.15, 0.2) is 85.2 Å². The van der Waals surface area contributed by atoms with Gasteiger partial charge in [-0.3, -0.25) is 4.98 Å². The molecule has 0 saturated carbocycles. The molecule has 0 aliphatic heterocycles. The third-order valence-electron chi connectivity index (χ3n) is 3.72. The van der Waals surface area contributed by atoms with Crippen molar-refractivity contribution in [2.45, 2.75) is 0 Å². The number of aromatic nitrogens is 4. The summed E-state index contributed by atoms with van der Waals surface area (Å²) < 4.78 is 0. The second-order valence-electron chi connectivity index (χ2n) is 5.30. The fourth-order valence-electron chi connectivity index (χ4n) is 2.54. The molecule has 0 amide bonds. The number of benzene rings is 2. The summed E-state index contributed by atoms with van der Waals surface area (Å²) in [7, 11) is 0. The Morgan fingerprint density at radius 3 is 1.75 bits per heavy atom. The van der Waals surface area contributed by atoms with Crippen molar-refractivity contribution in [2.75, 3.05) is 0 Å². The second-order valence-corrected chi connectivity index (χ2v) is 5.30. The maximum Gasteiger partial charge on any atom is 0.182 e. The van der Waals surface area contributed by atoms with Crippen LogP contribution in [0.1, 0.15) is 0 Å². The van der Waals surface area contributed by atoms with Gasteiger partial charge in [0, 0.05) is 29.1 Å². The largest absolute Gasteiger partial charge is 0.265 e. The van der Waals surface area contributed by atoms with Crippen LogP contribution < -0.4 is 0 Å². The van der Waals surface area contributed by atoms with Gasteiger partial charge >= 0.3 is 0 Å². The molecule has 0 radical (unpaired) electrons. The van der Waals surface area contributed by atoms with Gasteiger partial charge in [-0.1, -0.05) is 60.7 Å². The quantitative estimate of drug-likeness (QED) is 0.567. The standard InChI is InChI=1S/C20H14N4/c1-3-7-15(8-4-1)18-19(16-11-13-21-14-12-16)23-24-20(22-18)17-9-5-2-6-10-17/h1-14H. The molecule has 0 aliphatic carbocycles. The van der Waals surface area contributed by atoms with Crippen molar-refractivity contribution < 1.29 is 0 Å². The van der Waals surface area contributed by atoms with E-state index in [0.717, 1.165) is 28.1 Å². The van der Waals surface area contributed by atoms with Crippen molar-refractivity contribution in [3.63, 3.8) is 0 Å². The van der Waals surface area contributed by atoms with Crippen molar-refractivity contribution in [3.8, 4) is 33.9 Å². The van der Waals surface area contributed by atoms with Crippen LogP contribution >= 0.6 is 0 Å². The molecule has 2 heterocycles. The maximum absolute atomic E-state index is 4.80. The minimum atomic E-state index is 0.618. The van der Waals surface area contributed by atoms with Crippen LogP contribution in [0, 0.1) is 0 Å². The average molecular weight is 310 g/mol. The van der Waals surface area contributed by atoms with Gasteiger partial charge < -0.3 is 0 Å². The average Bonchev–Trinajstić information content (AvgIpc) is 2.69. The zero-order valence-electron chi connectivity index (χ0n) is 12.9. The van der Waals surface area contributed by atoms with E-state index >= 15 is 0 Å². The third kappa shape index (κ3) is 2.77. The molecule has 0 unspecified atom stereocenters. The van der Waals surface area contributed by atoms with Crippen LogP contribution in [0.5, 0.6) is 0 Å². The Bertz CT molecular complexity index is 939. The van der Waals surface area contributed by atoms with E-state index in [4.69, 9.17) is 4.98 Å². The van der Waals surface area contributed by atoms with Crippen LogP contribution in [0.2, 0.25) is 0 Å². The highest BCUT2D eigenvalue weighted by Gasteiger charge is 2.14. The molecule has 0 saturated heterocycles. The van der Waals surface area contributed by atoms with E-state index in [9.17, 15) is 0 Å². The molecular weight excluding hydrogens is 296 g/mol. The minimum absolute atomic E-state index is 0.618. The zero-order valence-corrected chi connectivity index (χ0v) is 12.9. The topological polar surface area (TPSA) is 51.6 Å². The summed E-state index contributed by atoms with van der Waals surface area (Å²) in [4.78, 5) is 8.87. The first kappa shape index (κ1) is 14.2. The summed E-state index contributed by atoms with van der Waals surface area (Å²) in [5.74, 6) is 0.618. The lowest BCUT2D eigenvalue weighted by atomic mass is 10.1. The van der Waals surface area contributed by atoms with E-state index in [0.29, 0.717) is 5.82 Å². The fraction of sp³-hybridized carbons (Fsp3) is 0. The molecule has 4 aromatic rings. The van der Waals surface area contributed by atoms with Crippen LogP contribution in [0.4, 0.5) is 0 Å². The molecule has 4 rings (SSSR count). The molecular formula is C20H14N4. The lowest BCUT2D eigenvalue weighted by Gasteiger charge is -2.09. The van der Waals surface area contributed by atoms with Gasteiger partial charge in [0.15, 0.2) is 5.82 Å². The first-order valence-corrected chi connectivity index (χ1v) is 7.68. The number of nitrogens with zero attached hydrogens (tertiary/aromatic N) is 4. The van der Waals surface area contributed by atoms with Crippen LogP contribution in [0.3, 0.4) is 0 Å². The summed E-state index contributed by atoms with van der Waals surface area (Å²) >= 11 is 0. The SMILES string of the molecule is c1ccc(-c2nnc(-c3ccncc3)c(-c3ccccc3)n2)cc1. The van der Waals surface area contributed by atoms with Gasteiger partial charge in [0.2, 0.25) is 0 Å². The van der Waals surface area contributed by atoms with Gasteiger partial charge in [0.1, 0.15) is 11.4 Å². The van der Waals surface area contributed by atoms with Crippen LogP contribution in [-0.4, -0.2) is 20.2 Å². The summed E-state index contributed by atoms with van der Waals surface area (Å²) in [5, 5.41) is 8.79. The lowest BCUT2D eigenvalue weighted by Crippen LogP contribution is -2.00. The van der Waals surface area contributed by atoms with Crippen molar-refractivity contribution in [3.05, 3.63) is 85.2 Å². The summed E-state index contributed by atoms with van der Waals surface area (Å²) in [6, 6.07) is 23.8. The molecule has 114 valence electrons. The van der Waals surface area contributed by atoms with E-state index in [-0.39, 0.29) is 0 Å². The number of hydrogen-bond acceptors (Lipinski definition) is 4. The molecule has 0 N–H and O–H groups in total. The molecule has 0 bridgehead atoms. The summed E-state index contributed by atoms with van der Waals surface area (Å²) in [5.41, 5.74) is 4.47. The Labute approximate surface area is 139 Å². The molecule has 24 heavy (non-hydrogen) atoms. The van der Waals surface area contributed by atoms with Gasteiger partial charge in [-0.05, 0) is 12.1 Å². The molecule has 0 atom stereocenters. The zero-order chi connectivity index (χ0) is 16.2. The van der Waals surface area contributed by atoms with E-state index in [1.165, 1.54) is 0 Å². The molecule has 0 aliphatic rings. The molecule has 4 nitrogen and oxygen atoms in total. The second kappa shape index (κ2) is 6.38. The van der Waals surface area contributed by atoms with Crippen LogP contribution in [0.25, 0.3) is 33.9 Å². The van der Waals surface area contributed by atoms with Gasteiger partial charge in [-0.15, -0.1) is 10.2 Å². The van der Waals surface area contributed by atoms with Crippen LogP contribution in [-0.2, 0) is 0 Å². The van der Waals surface area contributed by atoms with E-state index in [1.54, 1.807) is 12.4 Å². The van der Waals surface area contributed by atoms with Crippen molar-refractivity contribution in [2.24, 2.45) is 0 Å². The molecule has 2 aromatic heterocycles. The Morgan fingerprint density at radius 2 is 1.08 bits per heavy atom. The molecule has 2 aromatic carbocycles. The highest BCUT2D eigenvalue weighted by Crippen LogP contribution is 2.29. The van der Waals surface area contributed by atoms with Crippen molar-refractivity contribution in [1.29, 1.82) is 0 Å². The van der Waals surface area contributed by atoms with Gasteiger partial charge in [-0.2, -0.15) is 0 Å². The van der Waals surface area contributed by atoms with Gasteiger partial charge in [0.25, 0.3) is 0 Å². The predicted molar refractivity (Wildman–Crippen MR) is 93.9 cm³/mol. The van der Waals surface area contributed by atoms with E-state index in [1.807, 2.05) is 72.8 Å². The fourth-order valence-corrected chi connectivity index (χ4v) is 2.54. The highest BCUT2D eigenvalue weighted by atomic mass is 15.2. The number of hydrogen-bond donors (Lipinski definition) is 0. The highest BCUT2D eigenvalue weighted by molar-refractivity contribution is 5.78. The lowest BCUT2D eigenvalue weighted by molar-refractivity contribution is 0.991. The van der Waals surface area contributed by atoms with E-state index < -0.39 is 0 Å². The first-order chi connectivity index (χ1) is 11.9. The minimum Gasteiger partial charge on any atom is -0.265 e. The summed E-state index contributed by atoms with van der Waals surface area (Å²) in [6.07, 6.45) is 3.49. The molecule has 4 heteroatoms. The Kier molecular flexibility index (Phi) is 3.78. The molecule has 0 spiro atoms. The van der Waals surface area contributed by atoms with E-state index in [2.05, 4.69) is 15.2 Å². The predicted octanol–water partition coefficient (Wildman–Crippen LogP) is 4.27. The molecule has 0 fully saturated rings. The Morgan fingerprint density at radius 1 is 0.500 bits per heavy atom. The summed E-state index contributed by atoms with van der Waals surface area (Å²) in [6.45, 7) is 0. The number of rotatable bonds is 3. The number of pyridine rings is 1. The normalized spacial score (nSPS) is 10.5. The van der Waals surface area contributed by atoms with Gasteiger partial charge in [0.05, 0.1) is 0 Å². The maximum atomic E-state index is 4.80. The Balaban J connectivity index is 1.92. The third-order valence-corrected chi connectivity index (χ3v) is 3.72.